The summed E-state index contributed by atoms with van der Waals surface area (Å²) >= 11 is 9.37. The molecule has 5 heteroatoms. The summed E-state index contributed by atoms with van der Waals surface area (Å²) in [6.45, 7) is 4.71. The highest BCUT2D eigenvalue weighted by Crippen LogP contribution is 2.33. The average Bonchev–Trinajstić information content (AvgIpc) is 2.42. The van der Waals surface area contributed by atoms with Gasteiger partial charge in [-0.2, -0.15) is 0 Å². The van der Waals surface area contributed by atoms with Crippen LogP contribution in [0.2, 0.25) is 5.02 Å². The van der Waals surface area contributed by atoms with E-state index >= 15 is 0 Å². The lowest BCUT2D eigenvalue weighted by Crippen LogP contribution is -2.21. The molecule has 0 atom stereocenters. The minimum Gasteiger partial charge on any atom is -0.453 e. The van der Waals surface area contributed by atoms with Crippen LogP contribution in [0.1, 0.15) is 19.4 Å². The molecule has 0 heterocycles. The van der Waals surface area contributed by atoms with Crippen LogP contribution in [0.5, 0.6) is 11.5 Å². The third-order valence-electron chi connectivity index (χ3n) is 2.82. The zero-order chi connectivity index (χ0) is 15.4. The Morgan fingerprint density at radius 2 is 1.90 bits per heavy atom. The molecule has 2 nitrogen and oxygen atoms in total. The molecule has 112 valence electrons. The lowest BCUT2D eigenvalue weighted by molar-refractivity contribution is 0.441. The van der Waals surface area contributed by atoms with Gasteiger partial charge in [0.2, 0.25) is 0 Å². The highest BCUT2D eigenvalue weighted by atomic mass is 79.9. The minimum absolute atomic E-state index is 0.160. The smallest absolute Gasteiger partial charge is 0.166 e. The topological polar surface area (TPSA) is 21.3 Å². The van der Waals surface area contributed by atoms with Crippen molar-refractivity contribution in [3.05, 3.63) is 57.3 Å². The first-order chi connectivity index (χ1) is 9.95. The largest absolute Gasteiger partial charge is 0.453 e. The molecule has 0 bridgehead atoms. The summed E-state index contributed by atoms with van der Waals surface area (Å²) in [5.41, 5.74) is 0.871. The lowest BCUT2D eigenvalue weighted by Gasteiger charge is -2.11. The zero-order valence-electron chi connectivity index (χ0n) is 11.8. The molecular formula is C16H16BrClFNO. The Bertz CT molecular complexity index is 634. The van der Waals surface area contributed by atoms with Crippen molar-refractivity contribution < 1.29 is 9.13 Å². The molecule has 2 aromatic carbocycles. The van der Waals surface area contributed by atoms with E-state index in [0.717, 1.165) is 10.0 Å². The zero-order valence-corrected chi connectivity index (χ0v) is 14.1. The van der Waals surface area contributed by atoms with Gasteiger partial charge in [-0.3, -0.25) is 0 Å². The fraction of sp³-hybridized carbons (Fsp3) is 0.250. The van der Waals surface area contributed by atoms with Crippen LogP contribution in [0.3, 0.4) is 0 Å². The van der Waals surface area contributed by atoms with Gasteiger partial charge in [0.15, 0.2) is 11.6 Å². The van der Waals surface area contributed by atoms with Crippen molar-refractivity contribution >= 4 is 27.5 Å². The van der Waals surface area contributed by atoms with Crippen LogP contribution in [0, 0.1) is 5.82 Å². The van der Waals surface area contributed by atoms with Gasteiger partial charge in [0.05, 0.1) is 5.02 Å². The average molecular weight is 373 g/mol. The molecule has 1 N–H and O–H groups in total. The van der Waals surface area contributed by atoms with Gasteiger partial charge in [0.1, 0.15) is 5.75 Å². The Morgan fingerprint density at radius 3 is 2.52 bits per heavy atom. The number of nitrogens with one attached hydrogen (secondary N) is 1. The van der Waals surface area contributed by atoms with E-state index in [1.807, 2.05) is 19.9 Å². The van der Waals surface area contributed by atoms with Gasteiger partial charge in [-0.1, -0.05) is 47.4 Å². The molecule has 0 aliphatic carbocycles. The van der Waals surface area contributed by atoms with Crippen molar-refractivity contribution in [3.8, 4) is 11.5 Å². The Kier molecular flexibility index (Phi) is 5.62. The van der Waals surface area contributed by atoms with Crippen molar-refractivity contribution in [1.29, 1.82) is 0 Å². The molecule has 0 amide bonds. The summed E-state index contributed by atoms with van der Waals surface area (Å²) in [5.74, 6) is 0.177. The minimum atomic E-state index is -0.406. The van der Waals surface area contributed by atoms with E-state index in [1.54, 1.807) is 24.3 Å². The fourth-order valence-corrected chi connectivity index (χ4v) is 2.45. The van der Waals surface area contributed by atoms with Crippen LogP contribution >= 0.6 is 27.5 Å². The van der Waals surface area contributed by atoms with Crippen LogP contribution in [-0.4, -0.2) is 6.04 Å². The van der Waals surface area contributed by atoms with E-state index in [0.29, 0.717) is 23.4 Å². The first-order valence-corrected chi connectivity index (χ1v) is 7.77. The molecule has 2 rings (SSSR count). The van der Waals surface area contributed by atoms with Crippen LogP contribution in [0.25, 0.3) is 0 Å². The summed E-state index contributed by atoms with van der Waals surface area (Å²) in [6.07, 6.45) is 0. The van der Waals surface area contributed by atoms with Crippen LogP contribution in [0.15, 0.2) is 40.9 Å². The van der Waals surface area contributed by atoms with Crippen molar-refractivity contribution in [2.75, 3.05) is 0 Å². The monoisotopic (exact) mass is 371 g/mol. The molecule has 0 radical (unpaired) electrons. The first kappa shape index (κ1) is 16.3. The van der Waals surface area contributed by atoms with E-state index < -0.39 is 5.82 Å². The maximum absolute atomic E-state index is 14.1. The van der Waals surface area contributed by atoms with Crippen molar-refractivity contribution in [1.82, 2.24) is 5.32 Å². The summed E-state index contributed by atoms with van der Waals surface area (Å²) < 4.78 is 20.4. The number of hydrogen-bond acceptors (Lipinski definition) is 2. The highest BCUT2D eigenvalue weighted by molar-refractivity contribution is 9.10. The maximum atomic E-state index is 14.1. The normalized spacial score (nSPS) is 11.0. The molecule has 0 spiro atoms. The van der Waals surface area contributed by atoms with E-state index in [1.165, 1.54) is 6.07 Å². The third kappa shape index (κ3) is 4.70. The van der Waals surface area contributed by atoms with E-state index in [4.69, 9.17) is 16.3 Å². The number of hydrogen-bond donors (Lipinski definition) is 1. The molecule has 0 aliphatic heterocycles. The predicted octanol–water partition coefficient (Wildman–Crippen LogP) is 5.53. The van der Waals surface area contributed by atoms with Gasteiger partial charge in [0, 0.05) is 17.1 Å². The number of benzene rings is 2. The first-order valence-electron chi connectivity index (χ1n) is 6.60. The lowest BCUT2D eigenvalue weighted by atomic mass is 10.2. The van der Waals surface area contributed by atoms with E-state index in [-0.39, 0.29) is 5.75 Å². The Balaban J connectivity index is 2.13. The fourth-order valence-electron chi connectivity index (χ4n) is 1.74. The van der Waals surface area contributed by atoms with Gasteiger partial charge in [0.25, 0.3) is 0 Å². The Morgan fingerprint density at radius 1 is 1.19 bits per heavy atom. The summed E-state index contributed by atoms with van der Waals surface area (Å²) in [6, 6.07) is 10.5. The molecule has 2 aromatic rings. The summed E-state index contributed by atoms with van der Waals surface area (Å²) in [5, 5.41) is 3.66. The van der Waals surface area contributed by atoms with Crippen molar-refractivity contribution in [2.24, 2.45) is 0 Å². The number of halogens is 3. The second-order valence-corrected chi connectivity index (χ2v) is 6.30. The van der Waals surface area contributed by atoms with Gasteiger partial charge < -0.3 is 10.1 Å². The maximum Gasteiger partial charge on any atom is 0.166 e. The molecule has 0 aliphatic rings. The van der Waals surface area contributed by atoms with E-state index in [2.05, 4.69) is 21.2 Å². The molecular weight excluding hydrogens is 357 g/mol. The number of ether oxygens (including phenoxy) is 1. The van der Waals surface area contributed by atoms with Crippen LogP contribution in [0.4, 0.5) is 4.39 Å². The molecule has 0 aromatic heterocycles. The van der Waals surface area contributed by atoms with Crippen molar-refractivity contribution in [2.45, 2.75) is 26.4 Å². The molecule has 21 heavy (non-hydrogen) atoms. The van der Waals surface area contributed by atoms with Gasteiger partial charge >= 0.3 is 0 Å². The van der Waals surface area contributed by atoms with Gasteiger partial charge in [-0.25, -0.2) is 4.39 Å². The van der Waals surface area contributed by atoms with Gasteiger partial charge in [-0.15, -0.1) is 0 Å². The third-order valence-corrected chi connectivity index (χ3v) is 3.61. The summed E-state index contributed by atoms with van der Waals surface area (Å²) in [7, 11) is 0. The number of rotatable bonds is 5. The standard InChI is InChI=1S/C16H16BrClFNO/c1-10(2)20-9-11-3-5-16(14(19)7-11)21-15-6-4-12(17)8-13(15)18/h3-8,10,20H,9H2,1-2H3. The quantitative estimate of drug-likeness (QED) is 0.745. The molecule has 0 saturated carbocycles. The van der Waals surface area contributed by atoms with Crippen LogP contribution in [-0.2, 0) is 6.54 Å². The second-order valence-electron chi connectivity index (χ2n) is 4.98. The van der Waals surface area contributed by atoms with E-state index in [9.17, 15) is 4.39 Å². The Hall–Kier alpha value is -1.10. The molecule has 0 saturated heterocycles. The second kappa shape index (κ2) is 7.25. The molecule has 0 fully saturated rings. The van der Waals surface area contributed by atoms with Gasteiger partial charge in [-0.05, 0) is 35.9 Å². The SMILES string of the molecule is CC(C)NCc1ccc(Oc2ccc(Br)cc2Cl)c(F)c1. The van der Waals surface area contributed by atoms with Crippen LogP contribution < -0.4 is 10.1 Å². The summed E-state index contributed by atoms with van der Waals surface area (Å²) in [4.78, 5) is 0. The highest BCUT2D eigenvalue weighted by Gasteiger charge is 2.09. The predicted molar refractivity (Wildman–Crippen MR) is 87.6 cm³/mol. The van der Waals surface area contributed by atoms with Crippen molar-refractivity contribution in [3.63, 3.8) is 0 Å². The molecule has 0 unspecified atom stereocenters. The Labute approximate surface area is 137 Å².